The van der Waals surface area contributed by atoms with Crippen molar-refractivity contribution in [3.63, 3.8) is 0 Å². The highest BCUT2D eigenvalue weighted by atomic mass is 19.1. The molecule has 0 heterocycles. The van der Waals surface area contributed by atoms with Crippen molar-refractivity contribution < 1.29 is 19.1 Å². The zero-order chi connectivity index (χ0) is 12.3. The molecule has 0 aromatic heterocycles. The molecule has 0 saturated heterocycles. The third-order valence-electron chi connectivity index (χ3n) is 2.01. The van der Waals surface area contributed by atoms with Gasteiger partial charge in [0.2, 0.25) is 5.91 Å². The molecule has 1 rings (SSSR count). The van der Waals surface area contributed by atoms with Crippen LogP contribution in [0.1, 0.15) is 24.2 Å². The Labute approximate surface area is 92.1 Å². The van der Waals surface area contributed by atoms with E-state index in [0.29, 0.717) is 0 Å². The fourth-order valence-electron chi connectivity index (χ4n) is 1.07. The Hall–Kier alpha value is -1.91. The van der Waals surface area contributed by atoms with Crippen LogP contribution < -0.4 is 5.32 Å². The Balaban J connectivity index is 3.02. The van der Waals surface area contributed by atoms with Gasteiger partial charge in [-0.3, -0.25) is 4.79 Å². The van der Waals surface area contributed by atoms with Crippen LogP contribution in [0.4, 0.5) is 10.1 Å². The van der Waals surface area contributed by atoms with E-state index in [1.54, 1.807) is 13.8 Å². The third kappa shape index (κ3) is 2.56. The van der Waals surface area contributed by atoms with Crippen LogP contribution in [0.3, 0.4) is 0 Å². The number of anilines is 1. The SMILES string of the molecule is CC(C)C(=O)Nc1cccc(C(=O)O)c1F. The normalized spacial score (nSPS) is 10.2. The predicted molar refractivity (Wildman–Crippen MR) is 56.8 cm³/mol. The molecule has 0 spiro atoms. The molecule has 1 aromatic carbocycles. The molecule has 0 unspecified atom stereocenters. The lowest BCUT2D eigenvalue weighted by Gasteiger charge is -2.09. The van der Waals surface area contributed by atoms with Crippen LogP contribution >= 0.6 is 0 Å². The van der Waals surface area contributed by atoms with Crippen molar-refractivity contribution in [2.45, 2.75) is 13.8 Å². The first kappa shape index (κ1) is 12.2. The molecule has 0 bridgehead atoms. The van der Waals surface area contributed by atoms with Gasteiger partial charge in [0, 0.05) is 5.92 Å². The molecule has 86 valence electrons. The second-order valence-electron chi connectivity index (χ2n) is 3.62. The second-order valence-corrected chi connectivity index (χ2v) is 3.62. The molecule has 0 fully saturated rings. The number of carbonyl (C=O) groups excluding carboxylic acids is 1. The molecular weight excluding hydrogens is 213 g/mol. The topological polar surface area (TPSA) is 66.4 Å². The molecule has 0 aliphatic heterocycles. The van der Waals surface area contributed by atoms with E-state index >= 15 is 0 Å². The Morgan fingerprint density at radius 2 is 2.00 bits per heavy atom. The zero-order valence-corrected chi connectivity index (χ0v) is 8.95. The molecule has 1 aromatic rings. The summed E-state index contributed by atoms with van der Waals surface area (Å²) in [7, 11) is 0. The monoisotopic (exact) mass is 225 g/mol. The molecule has 0 radical (unpaired) electrons. The van der Waals surface area contributed by atoms with E-state index in [9.17, 15) is 14.0 Å². The number of rotatable bonds is 3. The number of halogens is 1. The van der Waals surface area contributed by atoms with Gasteiger partial charge in [-0.15, -0.1) is 0 Å². The van der Waals surface area contributed by atoms with Gasteiger partial charge in [0.15, 0.2) is 5.82 Å². The summed E-state index contributed by atoms with van der Waals surface area (Å²) < 4.78 is 13.6. The molecule has 0 saturated carbocycles. The number of hydrogen-bond acceptors (Lipinski definition) is 2. The summed E-state index contributed by atoms with van der Waals surface area (Å²) in [5.41, 5.74) is -0.569. The lowest BCUT2D eigenvalue weighted by molar-refractivity contribution is -0.118. The highest BCUT2D eigenvalue weighted by molar-refractivity contribution is 5.95. The van der Waals surface area contributed by atoms with Crippen LogP contribution in [0.25, 0.3) is 0 Å². The molecule has 2 N–H and O–H groups in total. The van der Waals surface area contributed by atoms with Gasteiger partial charge in [0.1, 0.15) is 0 Å². The van der Waals surface area contributed by atoms with Gasteiger partial charge in [-0.2, -0.15) is 0 Å². The lowest BCUT2D eigenvalue weighted by Crippen LogP contribution is -2.19. The summed E-state index contributed by atoms with van der Waals surface area (Å²) in [5, 5.41) is 11.0. The summed E-state index contributed by atoms with van der Waals surface area (Å²) in [6.45, 7) is 3.32. The Kier molecular flexibility index (Phi) is 3.60. The number of hydrogen-bond donors (Lipinski definition) is 2. The minimum Gasteiger partial charge on any atom is -0.478 e. The fraction of sp³-hybridized carbons (Fsp3) is 0.273. The number of carboxylic acids is 1. The first-order valence-electron chi connectivity index (χ1n) is 4.76. The third-order valence-corrected chi connectivity index (χ3v) is 2.01. The number of nitrogens with one attached hydrogen (secondary N) is 1. The van der Waals surface area contributed by atoms with E-state index in [2.05, 4.69) is 5.32 Å². The standard InChI is InChI=1S/C11H12FNO3/c1-6(2)10(14)13-8-5-3-4-7(9(8)12)11(15)16/h3-6H,1-2H3,(H,13,14)(H,15,16). The molecule has 0 atom stereocenters. The minimum atomic E-state index is -1.36. The van der Waals surface area contributed by atoms with Crippen LogP contribution in [0.2, 0.25) is 0 Å². The van der Waals surface area contributed by atoms with Crippen LogP contribution in [-0.2, 0) is 4.79 Å². The van der Waals surface area contributed by atoms with Crippen LogP contribution in [-0.4, -0.2) is 17.0 Å². The van der Waals surface area contributed by atoms with Crippen molar-refractivity contribution >= 4 is 17.6 Å². The van der Waals surface area contributed by atoms with Crippen LogP contribution in [0, 0.1) is 11.7 Å². The van der Waals surface area contributed by atoms with Gasteiger partial charge < -0.3 is 10.4 Å². The first-order chi connectivity index (χ1) is 7.43. The van der Waals surface area contributed by atoms with Gasteiger partial charge in [-0.1, -0.05) is 19.9 Å². The lowest BCUT2D eigenvalue weighted by atomic mass is 10.1. The number of carbonyl (C=O) groups is 2. The molecule has 16 heavy (non-hydrogen) atoms. The number of aromatic carboxylic acids is 1. The summed E-state index contributed by atoms with van der Waals surface area (Å²) in [6, 6.07) is 3.84. The van der Waals surface area contributed by atoms with E-state index in [-0.39, 0.29) is 17.5 Å². The summed E-state index contributed by atoms with van der Waals surface area (Å²) in [6.07, 6.45) is 0. The molecule has 0 aliphatic carbocycles. The fourth-order valence-corrected chi connectivity index (χ4v) is 1.07. The number of amides is 1. The van der Waals surface area contributed by atoms with Crippen molar-refractivity contribution in [3.8, 4) is 0 Å². The largest absolute Gasteiger partial charge is 0.478 e. The Morgan fingerprint density at radius 3 is 2.50 bits per heavy atom. The first-order valence-corrected chi connectivity index (χ1v) is 4.76. The highest BCUT2D eigenvalue weighted by Gasteiger charge is 2.16. The smallest absolute Gasteiger partial charge is 0.338 e. The van der Waals surface area contributed by atoms with Gasteiger partial charge in [0.05, 0.1) is 11.3 Å². The van der Waals surface area contributed by atoms with Crippen LogP contribution in [0.5, 0.6) is 0 Å². The average molecular weight is 225 g/mol. The van der Waals surface area contributed by atoms with Gasteiger partial charge >= 0.3 is 5.97 Å². The zero-order valence-electron chi connectivity index (χ0n) is 8.95. The van der Waals surface area contributed by atoms with E-state index in [1.807, 2.05) is 0 Å². The van der Waals surface area contributed by atoms with Crippen molar-refractivity contribution in [1.29, 1.82) is 0 Å². The summed E-state index contributed by atoms with van der Waals surface area (Å²) in [5.74, 6) is -2.95. The summed E-state index contributed by atoms with van der Waals surface area (Å²) >= 11 is 0. The molecule has 1 amide bonds. The molecule has 5 heteroatoms. The maximum absolute atomic E-state index is 13.6. The molecular formula is C11H12FNO3. The van der Waals surface area contributed by atoms with Crippen molar-refractivity contribution in [1.82, 2.24) is 0 Å². The van der Waals surface area contributed by atoms with Gasteiger partial charge in [-0.25, -0.2) is 9.18 Å². The molecule has 0 aliphatic rings. The minimum absolute atomic E-state index is 0.112. The predicted octanol–water partition coefficient (Wildman–Crippen LogP) is 2.12. The Bertz CT molecular complexity index is 429. The maximum Gasteiger partial charge on any atom is 0.338 e. The highest BCUT2D eigenvalue weighted by Crippen LogP contribution is 2.18. The van der Waals surface area contributed by atoms with Crippen LogP contribution in [0.15, 0.2) is 18.2 Å². The maximum atomic E-state index is 13.6. The average Bonchev–Trinajstić information content (AvgIpc) is 2.20. The Morgan fingerprint density at radius 1 is 1.38 bits per heavy atom. The van der Waals surface area contributed by atoms with E-state index in [0.717, 1.165) is 6.07 Å². The van der Waals surface area contributed by atoms with E-state index in [4.69, 9.17) is 5.11 Å². The number of carboxylic acid groups (broad SMARTS) is 1. The number of benzene rings is 1. The van der Waals surface area contributed by atoms with Crippen molar-refractivity contribution in [3.05, 3.63) is 29.6 Å². The quantitative estimate of drug-likeness (QED) is 0.827. The molecule has 4 nitrogen and oxygen atoms in total. The van der Waals surface area contributed by atoms with E-state index < -0.39 is 17.3 Å². The van der Waals surface area contributed by atoms with Crippen molar-refractivity contribution in [2.24, 2.45) is 5.92 Å². The van der Waals surface area contributed by atoms with Crippen molar-refractivity contribution in [2.75, 3.05) is 5.32 Å². The van der Waals surface area contributed by atoms with E-state index in [1.165, 1.54) is 12.1 Å². The van der Waals surface area contributed by atoms with Gasteiger partial charge in [0.25, 0.3) is 0 Å². The second kappa shape index (κ2) is 4.74. The van der Waals surface area contributed by atoms with Gasteiger partial charge in [-0.05, 0) is 12.1 Å². The summed E-state index contributed by atoms with van der Waals surface area (Å²) in [4.78, 5) is 22.0.